The third kappa shape index (κ3) is 2.17. The zero-order valence-corrected chi connectivity index (χ0v) is 11.7. The van der Waals surface area contributed by atoms with Gasteiger partial charge in [0, 0.05) is 15.8 Å². The fraction of sp³-hybridized carbons (Fsp3) is 0.733. The van der Waals surface area contributed by atoms with Gasteiger partial charge in [0.2, 0.25) is 0 Å². The molecule has 2 saturated carbocycles. The van der Waals surface area contributed by atoms with Crippen LogP contribution in [0.1, 0.15) is 53.5 Å². The highest BCUT2D eigenvalue weighted by Crippen LogP contribution is 2.50. The van der Waals surface area contributed by atoms with E-state index in [1.807, 2.05) is 11.3 Å². The van der Waals surface area contributed by atoms with Gasteiger partial charge < -0.3 is 5.73 Å². The molecule has 1 aromatic heterocycles. The Morgan fingerprint density at radius 3 is 2.71 bits per heavy atom. The van der Waals surface area contributed by atoms with E-state index in [1.54, 1.807) is 0 Å². The van der Waals surface area contributed by atoms with E-state index in [0.29, 0.717) is 0 Å². The normalized spacial score (nSPS) is 33.2. The summed E-state index contributed by atoms with van der Waals surface area (Å²) in [7, 11) is 0. The number of hydrogen-bond donors (Lipinski definition) is 1. The van der Waals surface area contributed by atoms with Gasteiger partial charge in [-0.15, -0.1) is 11.3 Å². The van der Waals surface area contributed by atoms with E-state index in [-0.39, 0.29) is 6.04 Å². The first kappa shape index (κ1) is 11.7. The summed E-state index contributed by atoms with van der Waals surface area (Å²) in [6.45, 7) is 4.40. The van der Waals surface area contributed by atoms with Crippen molar-refractivity contribution in [3.8, 4) is 0 Å². The van der Waals surface area contributed by atoms with Gasteiger partial charge in [0.15, 0.2) is 0 Å². The van der Waals surface area contributed by atoms with Crippen LogP contribution in [0.4, 0.5) is 0 Å². The molecule has 0 spiro atoms. The van der Waals surface area contributed by atoms with E-state index < -0.39 is 0 Å². The van der Waals surface area contributed by atoms with E-state index in [2.05, 4.69) is 19.9 Å². The number of aryl methyl sites for hydroxylation is 2. The minimum atomic E-state index is 0.282. The molecule has 2 heteroatoms. The lowest BCUT2D eigenvalue weighted by molar-refractivity contribution is 0.296. The molecule has 2 bridgehead atoms. The highest BCUT2D eigenvalue weighted by molar-refractivity contribution is 7.12. The third-order valence-corrected chi connectivity index (χ3v) is 5.90. The van der Waals surface area contributed by atoms with Crippen molar-refractivity contribution in [2.45, 2.75) is 52.0 Å². The topological polar surface area (TPSA) is 26.0 Å². The standard InChI is InChI=1S/C15H23NS/c1-9-5-14(10(2)17-9)15(16)8-13-7-11-3-4-12(13)6-11/h5,11-13,15H,3-4,6-8,16H2,1-2H3. The zero-order chi connectivity index (χ0) is 12.0. The molecule has 0 aliphatic heterocycles. The molecular formula is C15H23NS. The first-order valence-corrected chi connectivity index (χ1v) is 7.77. The Balaban J connectivity index is 1.67. The van der Waals surface area contributed by atoms with Crippen molar-refractivity contribution in [3.63, 3.8) is 0 Å². The average molecular weight is 249 g/mol. The van der Waals surface area contributed by atoms with Crippen molar-refractivity contribution in [2.75, 3.05) is 0 Å². The van der Waals surface area contributed by atoms with Gasteiger partial charge in [0.1, 0.15) is 0 Å². The Bertz CT molecular complexity index is 409. The van der Waals surface area contributed by atoms with Crippen LogP contribution in [0.15, 0.2) is 6.07 Å². The molecule has 2 N–H and O–H groups in total. The molecule has 1 nitrogen and oxygen atoms in total. The molecule has 1 aromatic rings. The zero-order valence-electron chi connectivity index (χ0n) is 10.9. The second kappa shape index (κ2) is 4.40. The smallest absolute Gasteiger partial charge is 0.0308 e. The van der Waals surface area contributed by atoms with Gasteiger partial charge in [0.05, 0.1) is 0 Å². The van der Waals surface area contributed by atoms with Crippen molar-refractivity contribution in [3.05, 3.63) is 21.4 Å². The van der Waals surface area contributed by atoms with Crippen LogP contribution < -0.4 is 5.73 Å². The fourth-order valence-electron chi connectivity index (χ4n) is 4.14. The summed E-state index contributed by atoms with van der Waals surface area (Å²) in [5, 5.41) is 0. The van der Waals surface area contributed by atoms with Crippen LogP contribution >= 0.6 is 11.3 Å². The van der Waals surface area contributed by atoms with Gasteiger partial charge in [0.25, 0.3) is 0 Å². The van der Waals surface area contributed by atoms with Crippen molar-refractivity contribution in [1.82, 2.24) is 0 Å². The molecule has 0 radical (unpaired) electrons. The summed E-state index contributed by atoms with van der Waals surface area (Å²) in [6, 6.07) is 2.59. The first-order valence-electron chi connectivity index (χ1n) is 6.96. The molecule has 17 heavy (non-hydrogen) atoms. The fourth-order valence-corrected chi connectivity index (χ4v) is 5.13. The summed E-state index contributed by atoms with van der Waals surface area (Å²) in [6.07, 6.45) is 7.15. The van der Waals surface area contributed by atoms with E-state index >= 15 is 0 Å². The summed E-state index contributed by atoms with van der Waals surface area (Å²) >= 11 is 1.89. The Morgan fingerprint density at radius 2 is 2.18 bits per heavy atom. The monoisotopic (exact) mass is 249 g/mol. The molecule has 0 aromatic carbocycles. The van der Waals surface area contributed by atoms with Crippen LogP contribution in [-0.2, 0) is 0 Å². The van der Waals surface area contributed by atoms with Crippen LogP contribution in [0, 0.1) is 31.6 Å². The summed E-state index contributed by atoms with van der Waals surface area (Å²) in [4.78, 5) is 2.83. The molecule has 0 saturated heterocycles. The Hall–Kier alpha value is -0.340. The summed E-state index contributed by atoms with van der Waals surface area (Å²) in [5.74, 6) is 2.97. The van der Waals surface area contributed by atoms with E-state index in [1.165, 1.54) is 47.4 Å². The largest absolute Gasteiger partial charge is 0.324 e. The Morgan fingerprint density at radius 1 is 1.35 bits per heavy atom. The predicted octanol–water partition coefficient (Wildman–Crippen LogP) is 4.19. The van der Waals surface area contributed by atoms with Gasteiger partial charge >= 0.3 is 0 Å². The molecule has 2 fully saturated rings. The number of hydrogen-bond acceptors (Lipinski definition) is 2. The maximum atomic E-state index is 6.43. The van der Waals surface area contributed by atoms with Crippen molar-refractivity contribution >= 4 is 11.3 Å². The summed E-state index contributed by atoms with van der Waals surface area (Å²) < 4.78 is 0. The SMILES string of the molecule is Cc1cc(C(N)CC2CC3CCC2C3)c(C)s1. The molecule has 4 atom stereocenters. The third-order valence-electron chi connectivity index (χ3n) is 4.92. The second-order valence-electron chi connectivity index (χ2n) is 6.15. The van der Waals surface area contributed by atoms with Gasteiger partial charge in [-0.25, -0.2) is 0 Å². The van der Waals surface area contributed by atoms with E-state index in [4.69, 9.17) is 5.73 Å². The first-order chi connectivity index (χ1) is 8.13. The van der Waals surface area contributed by atoms with Crippen LogP contribution in [0.25, 0.3) is 0 Å². The molecule has 1 heterocycles. The van der Waals surface area contributed by atoms with Gasteiger partial charge in [-0.2, -0.15) is 0 Å². The number of rotatable bonds is 3. The molecule has 3 rings (SSSR count). The lowest BCUT2D eigenvalue weighted by Gasteiger charge is -2.24. The molecular weight excluding hydrogens is 226 g/mol. The minimum absolute atomic E-state index is 0.282. The Kier molecular flexibility index (Phi) is 3.04. The Labute approximate surface area is 108 Å². The van der Waals surface area contributed by atoms with E-state index in [0.717, 1.165) is 17.8 Å². The van der Waals surface area contributed by atoms with Crippen molar-refractivity contribution in [1.29, 1.82) is 0 Å². The van der Waals surface area contributed by atoms with Gasteiger partial charge in [-0.05, 0) is 68.9 Å². The number of thiophene rings is 1. The van der Waals surface area contributed by atoms with E-state index in [9.17, 15) is 0 Å². The van der Waals surface area contributed by atoms with Crippen LogP contribution in [-0.4, -0.2) is 0 Å². The molecule has 2 aliphatic rings. The minimum Gasteiger partial charge on any atom is -0.324 e. The highest BCUT2D eigenvalue weighted by atomic mass is 32.1. The predicted molar refractivity (Wildman–Crippen MR) is 74.3 cm³/mol. The lowest BCUT2D eigenvalue weighted by Crippen LogP contribution is -2.19. The van der Waals surface area contributed by atoms with Crippen molar-refractivity contribution < 1.29 is 0 Å². The van der Waals surface area contributed by atoms with Crippen LogP contribution in [0.2, 0.25) is 0 Å². The van der Waals surface area contributed by atoms with Crippen LogP contribution in [0.5, 0.6) is 0 Å². The van der Waals surface area contributed by atoms with Crippen molar-refractivity contribution in [2.24, 2.45) is 23.5 Å². The second-order valence-corrected chi connectivity index (χ2v) is 7.61. The highest BCUT2D eigenvalue weighted by Gasteiger charge is 2.39. The summed E-state index contributed by atoms with van der Waals surface area (Å²) in [5.41, 5.74) is 7.84. The molecule has 4 unspecified atom stereocenters. The van der Waals surface area contributed by atoms with Crippen LogP contribution in [0.3, 0.4) is 0 Å². The van der Waals surface area contributed by atoms with Gasteiger partial charge in [-0.1, -0.05) is 6.42 Å². The number of nitrogens with two attached hydrogens (primary N) is 1. The quantitative estimate of drug-likeness (QED) is 0.854. The molecule has 2 aliphatic carbocycles. The molecule has 0 amide bonds. The number of fused-ring (bicyclic) bond motifs is 2. The average Bonchev–Trinajstić information content (AvgIpc) is 2.93. The maximum Gasteiger partial charge on any atom is 0.0308 e. The lowest BCUT2D eigenvalue weighted by atomic mass is 9.83. The maximum absolute atomic E-state index is 6.43. The molecule has 94 valence electrons. The van der Waals surface area contributed by atoms with Gasteiger partial charge in [-0.3, -0.25) is 0 Å².